The predicted molar refractivity (Wildman–Crippen MR) is 108 cm³/mol. The van der Waals surface area contributed by atoms with Crippen LogP contribution >= 0.6 is 12.2 Å². The van der Waals surface area contributed by atoms with Crippen LogP contribution in [0.1, 0.15) is 73.9 Å². The molecule has 3 rings (SSSR count). The Morgan fingerprint density at radius 3 is 1.88 bits per heavy atom. The number of hydrogen-bond acceptors (Lipinski definition) is 1. The maximum Gasteiger partial charge on any atom is 0.0524 e. The Hall–Kier alpha value is -1.47. The van der Waals surface area contributed by atoms with Crippen molar-refractivity contribution in [3.63, 3.8) is 0 Å². The summed E-state index contributed by atoms with van der Waals surface area (Å²) in [5.41, 5.74) is 8.39. The Morgan fingerprint density at radius 1 is 0.833 bits per heavy atom. The Bertz CT molecular complexity index is 792. The summed E-state index contributed by atoms with van der Waals surface area (Å²) in [6, 6.07) is 13.3. The maximum atomic E-state index is 5.86. The lowest BCUT2D eigenvalue weighted by molar-refractivity contribution is 0.331. The average molecular weight is 337 g/mol. The molecule has 1 aliphatic rings. The van der Waals surface area contributed by atoms with Gasteiger partial charge in [-0.2, -0.15) is 0 Å². The average Bonchev–Trinajstić information content (AvgIpc) is 2.52. The summed E-state index contributed by atoms with van der Waals surface area (Å²) in [4.78, 5) is 0.967. The minimum atomic E-state index is 0.218. The highest BCUT2D eigenvalue weighted by Gasteiger charge is 2.37. The molecule has 1 heteroatoms. The molecule has 0 aromatic heterocycles. The van der Waals surface area contributed by atoms with Gasteiger partial charge in [-0.25, -0.2) is 0 Å². The molecule has 0 unspecified atom stereocenters. The summed E-state index contributed by atoms with van der Waals surface area (Å²) in [6.07, 6.45) is 2.47. The monoisotopic (exact) mass is 336 g/mol. The fraction of sp³-hybridized carbons (Fsp3) is 0.435. The van der Waals surface area contributed by atoms with Gasteiger partial charge in [0.05, 0.1) is 4.86 Å². The molecule has 0 amide bonds. The van der Waals surface area contributed by atoms with Gasteiger partial charge in [-0.3, -0.25) is 0 Å². The quantitative estimate of drug-likeness (QED) is 0.450. The van der Waals surface area contributed by atoms with E-state index in [2.05, 4.69) is 77.9 Å². The van der Waals surface area contributed by atoms with Crippen molar-refractivity contribution in [1.82, 2.24) is 0 Å². The third kappa shape index (κ3) is 2.95. The van der Waals surface area contributed by atoms with E-state index in [1.54, 1.807) is 0 Å². The number of rotatable bonds is 2. The fourth-order valence-corrected chi connectivity index (χ4v) is 4.18. The van der Waals surface area contributed by atoms with Crippen LogP contribution in [-0.2, 0) is 10.8 Å². The summed E-state index contributed by atoms with van der Waals surface area (Å²) in [6.45, 7) is 13.8. The van der Waals surface area contributed by atoms with Crippen LogP contribution in [0.4, 0.5) is 0 Å². The van der Waals surface area contributed by atoms with E-state index in [0.29, 0.717) is 0 Å². The second-order valence-corrected chi connectivity index (χ2v) is 9.08. The highest BCUT2D eigenvalue weighted by atomic mass is 32.1. The lowest BCUT2D eigenvalue weighted by Gasteiger charge is -2.42. The number of aryl methyl sites for hydroxylation is 2. The smallest absolute Gasteiger partial charge is 0.0524 e. The first-order chi connectivity index (χ1) is 11.1. The molecule has 0 saturated carbocycles. The lowest BCUT2D eigenvalue weighted by Crippen LogP contribution is -2.34. The van der Waals surface area contributed by atoms with E-state index in [-0.39, 0.29) is 10.8 Å². The van der Waals surface area contributed by atoms with Crippen LogP contribution in [0.25, 0.3) is 0 Å². The molecule has 0 heterocycles. The molecular weight excluding hydrogens is 308 g/mol. The topological polar surface area (TPSA) is 0 Å². The van der Waals surface area contributed by atoms with Gasteiger partial charge in [-0.15, -0.1) is 0 Å². The zero-order valence-corrected chi connectivity index (χ0v) is 16.6. The van der Waals surface area contributed by atoms with E-state index in [4.69, 9.17) is 12.2 Å². The molecule has 24 heavy (non-hydrogen) atoms. The van der Waals surface area contributed by atoms with Crippen molar-refractivity contribution in [2.75, 3.05) is 0 Å². The molecule has 0 nitrogen and oxygen atoms in total. The summed E-state index contributed by atoms with van der Waals surface area (Å²) in [5, 5.41) is 0. The number of hydrogen-bond donors (Lipinski definition) is 0. The second-order valence-electron chi connectivity index (χ2n) is 8.68. The van der Waals surface area contributed by atoms with Gasteiger partial charge in [-0.05, 0) is 71.4 Å². The molecule has 2 aromatic rings. The first-order valence-corrected chi connectivity index (χ1v) is 9.30. The first-order valence-electron chi connectivity index (χ1n) is 8.89. The molecule has 0 saturated heterocycles. The predicted octanol–water partition coefficient (Wildman–Crippen LogP) is 6.42. The second kappa shape index (κ2) is 5.81. The molecule has 0 bridgehead atoms. The van der Waals surface area contributed by atoms with Crippen LogP contribution in [0.15, 0.2) is 36.4 Å². The van der Waals surface area contributed by atoms with E-state index in [1.165, 1.54) is 40.7 Å². The third-order valence-electron chi connectivity index (χ3n) is 5.76. The van der Waals surface area contributed by atoms with Crippen molar-refractivity contribution in [3.05, 3.63) is 69.8 Å². The fourth-order valence-electron chi connectivity index (χ4n) is 3.83. The lowest BCUT2D eigenvalue weighted by atomic mass is 9.62. The van der Waals surface area contributed by atoms with Gasteiger partial charge in [-0.1, -0.05) is 75.8 Å². The van der Waals surface area contributed by atoms with E-state index in [9.17, 15) is 0 Å². The molecule has 0 atom stereocenters. The van der Waals surface area contributed by atoms with Crippen LogP contribution in [0.3, 0.4) is 0 Å². The summed E-state index contributed by atoms with van der Waals surface area (Å²) in [7, 11) is 0. The Balaban J connectivity index is 2.14. The SMILES string of the molecule is Cc1ccc(C(=S)c2cc3c(cc2C)C(C)(C)CCC3(C)C)cc1. The molecule has 2 aromatic carbocycles. The van der Waals surface area contributed by atoms with Crippen molar-refractivity contribution in [1.29, 1.82) is 0 Å². The zero-order chi connectivity index (χ0) is 17.7. The summed E-state index contributed by atoms with van der Waals surface area (Å²) < 4.78 is 0. The minimum Gasteiger partial charge on any atom is -0.0788 e. The van der Waals surface area contributed by atoms with Crippen molar-refractivity contribution in [2.45, 2.75) is 65.2 Å². The zero-order valence-electron chi connectivity index (χ0n) is 15.8. The highest BCUT2D eigenvalue weighted by molar-refractivity contribution is 7.81. The number of thiocarbonyl (C=S) groups is 1. The van der Waals surface area contributed by atoms with Crippen LogP contribution in [0, 0.1) is 13.8 Å². The number of fused-ring (bicyclic) bond motifs is 1. The normalized spacial score (nSPS) is 18.1. The van der Waals surface area contributed by atoms with Crippen LogP contribution in [0.2, 0.25) is 0 Å². The minimum absolute atomic E-state index is 0.218. The van der Waals surface area contributed by atoms with Crippen LogP contribution < -0.4 is 0 Å². The molecule has 0 aliphatic heterocycles. The van der Waals surface area contributed by atoms with Crippen molar-refractivity contribution in [2.24, 2.45) is 0 Å². The van der Waals surface area contributed by atoms with E-state index in [1.807, 2.05) is 0 Å². The molecular formula is C23H28S. The third-order valence-corrected chi connectivity index (χ3v) is 6.21. The summed E-state index contributed by atoms with van der Waals surface area (Å²) >= 11 is 5.86. The van der Waals surface area contributed by atoms with Crippen molar-refractivity contribution >= 4 is 17.1 Å². The van der Waals surface area contributed by atoms with Crippen LogP contribution in [-0.4, -0.2) is 4.86 Å². The van der Waals surface area contributed by atoms with Crippen LogP contribution in [0.5, 0.6) is 0 Å². The van der Waals surface area contributed by atoms with Gasteiger partial charge in [0.25, 0.3) is 0 Å². The Kier molecular flexibility index (Phi) is 4.20. The highest BCUT2D eigenvalue weighted by Crippen LogP contribution is 2.46. The van der Waals surface area contributed by atoms with Crippen molar-refractivity contribution < 1.29 is 0 Å². The number of benzene rings is 2. The van der Waals surface area contributed by atoms with E-state index >= 15 is 0 Å². The largest absolute Gasteiger partial charge is 0.0788 e. The Labute approximate surface area is 152 Å². The van der Waals surface area contributed by atoms with E-state index in [0.717, 1.165) is 10.4 Å². The van der Waals surface area contributed by atoms with Gasteiger partial charge < -0.3 is 0 Å². The van der Waals surface area contributed by atoms with Gasteiger partial charge in [0.1, 0.15) is 0 Å². The molecule has 126 valence electrons. The van der Waals surface area contributed by atoms with Gasteiger partial charge in [0.15, 0.2) is 0 Å². The molecule has 0 spiro atoms. The Morgan fingerprint density at radius 2 is 1.33 bits per heavy atom. The maximum absolute atomic E-state index is 5.86. The van der Waals surface area contributed by atoms with E-state index < -0.39 is 0 Å². The molecule has 0 N–H and O–H groups in total. The molecule has 0 fully saturated rings. The summed E-state index contributed by atoms with van der Waals surface area (Å²) in [5.74, 6) is 0. The molecule has 0 radical (unpaired) electrons. The first kappa shape index (κ1) is 17.4. The van der Waals surface area contributed by atoms with Crippen molar-refractivity contribution in [3.8, 4) is 0 Å². The standard InChI is InChI=1S/C23H28S/c1-15-7-9-17(10-8-15)21(24)18-14-20-19(13-16(18)2)22(3,4)11-12-23(20,5)6/h7-10,13-14H,11-12H2,1-6H3. The molecule has 1 aliphatic carbocycles. The van der Waals surface area contributed by atoms with Gasteiger partial charge >= 0.3 is 0 Å². The van der Waals surface area contributed by atoms with Gasteiger partial charge in [0.2, 0.25) is 0 Å². The van der Waals surface area contributed by atoms with Gasteiger partial charge in [0, 0.05) is 0 Å².